The minimum atomic E-state index is -0.377. The molecule has 0 aliphatic heterocycles. The molecule has 3 aromatic rings. The maximum absolute atomic E-state index is 11.6. The molecular formula is C19H17NO. The van der Waals surface area contributed by atoms with Crippen LogP contribution in [-0.2, 0) is 0 Å². The summed E-state index contributed by atoms with van der Waals surface area (Å²) in [6, 6.07) is 22.1. The average molecular weight is 275 g/mol. The summed E-state index contributed by atoms with van der Waals surface area (Å²) in [4.78, 5) is 11.6. The minimum Gasteiger partial charge on any atom is -0.366 e. The Kier molecular flexibility index (Phi) is 3.44. The molecule has 3 rings (SSSR count). The van der Waals surface area contributed by atoms with Gasteiger partial charge < -0.3 is 5.73 Å². The highest BCUT2D eigenvalue weighted by atomic mass is 16.1. The van der Waals surface area contributed by atoms with Crippen molar-refractivity contribution < 1.29 is 4.79 Å². The van der Waals surface area contributed by atoms with Crippen LogP contribution in [0.1, 0.15) is 34.3 Å². The van der Waals surface area contributed by atoms with E-state index < -0.39 is 0 Å². The van der Waals surface area contributed by atoms with Crippen LogP contribution < -0.4 is 5.73 Å². The summed E-state index contributed by atoms with van der Waals surface area (Å²) in [5.74, 6) is -0.266. The molecule has 2 heteroatoms. The van der Waals surface area contributed by atoms with Gasteiger partial charge in [-0.3, -0.25) is 4.79 Å². The fourth-order valence-electron chi connectivity index (χ4n) is 2.89. The van der Waals surface area contributed by atoms with Gasteiger partial charge in [-0.05, 0) is 28.0 Å². The highest BCUT2D eigenvalue weighted by Gasteiger charge is 2.16. The smallest absolute Gasteiger partial charge is 0.248 e. The first kappa shape index (κ1) is 13.4. The summed E-state index contributed by atoms with van der Waals surface area (Å²) in [5, 5.41) is 2.42. The second-order valence-corrected chi connectivity index (χ2v) is 5.24. The fourth-order valence-corrected chi connectivity index (χ4v) is 2.89. The summed E-state index contributed by atoms with van der Waals surface area (Å²) in [7, 11) is 0. The second kappa shape index (κ2) is 5.41. The van der Waals surface area contributed by atoms with Crippen molar-refractivity contribution in [3.05, 3.63) is 83.4 Å². The first-order valence-corrected chi connectivity index (χ1v) is 7.05. The molecule has 0 bridgehead atoms. The lowest BCUT2D eigenvalue weighted by molar-refractivity contribution is 0.0999. The number of amides is 1. The minimum absolute atomic E-state index is 0.111. The van der Waals surface area contributed by atoms with Crippen LogP contribution in [0.5, 0.6) is 0 Å². The summed E-state index contributed by atoms with van der Waals surface area (Å²) in [5.41, 5.74) is 8.28. The third kappa shape index (κ3) is 2.40. The third-order valence-electron chi connectivity index (χ3n) is 3.98. The Bertz CT molecular complexity index is 802. The number of carbonyl (C=O) groups excluding carboxylic acids is 1. The molecular weight excluding hydrogens is 258 g/mol. The van der Waals surface area contributed by atoms with Gasteiger partial charge in [0.25, 0.3) is 0 Å². The molecule has 0 saturated carbocycles. The molecule has 21 heavy (non-hydrogen) atoms. The molecule has 0 aromatic heterocycles. The van der Waals surface area contributed by atoms with Crippen molar-refractivity contribution in [2.24, 2.45) is 5.73 Å². The van der Waals surface area contributed by atoms with E-state index in [1.807, 2.05) is 30.3 Å². The van der Waals surface area contributed by atoms with E-state index in [2.05, 4.69) is 37.3 Å². The summed E-state index contributed by atoms with van der Waals surface area (Å²) in [6.45, 7) is 2.11. The van der Waals surface area contributed by atoms with Crippen molar-refractivity contribution in [2.75, 3.05) is 0 Å². The van der Waals surface area contributed by atoms with Crippen LogP contribution in [0.3, 0.4) is 0 Å². The van der Waals surface area contributed by atoms with Crippen LogP contribution in [0.2, 0.25) is 0 Å². The Morgan fingerprint density at radius 3 is 2.29 bits per heavy atom. The van der Waals surface area contributed by atoms with Crippen LogP contribution in [0, 0.1) is 0 Å². The summed E-state index contributed by atoms with van der Waals surface area (Å²) >= 11 is 0. The quantitative estimate of drug-likeness (QED) is 0.768. The standard InChI is InChI=1S/C19H17NO/c1-13(16-9-4-5-11-18(16)19(20)21)15-12-6-8-14-7-2-3-10-17(14)15/h2-13H,1H3,(H2,20,21). The van der Waals surface area contributed by atoms with E-state index in [0.29, 0.717) is 5.56 Å². The number of hydrogen-bond acceptors (Lipinski definition) is 1. The van der Waals surface area contributed by atoms with Crippen molar-refractivity contribution in [3.8, 4) is 0 Å². The highest BCUT2D eigenvalue weighted by Crippen LogP contribution is 2.31. The maximum atomic E-state index is 11.6. The van der Waals surface area contributed by atoms with Gasteiger partial charge in [-0.1, -0.05) is 67.6 Å². The van der Waals surface area contributed by atoms with E-state index in [1.54, 1.807) is 6.07 Å². The van der Waals surface area contributed by atoms with Gasteiger partial charge in [0.15, 0.2) is 0 Å². The molecule has 0 fully saturated rings. The molecule has 3 aromatic carbocycles. The van der Waals surface area contributed by atoms with E-state index in [1.165, 1.54) is 16.3 Å². The van der Waals surface area contributed by atoms with E-state index >= 15 is 0 Å². The topological polar surface area (TPSA) is 43.1 Å². The zero-order valence-corrected chi connectivity index (χ0v) is 11.9. The number of primary amides is 1. The Balaban J connectivity index is 2.18. The SMILES string of the molecule is CC(c1ccccc1C(N)=O)c1cccc2ccccc12. The van der Waals surface area contributed by atoms with Crippen LogP contribution in [-0.4, -0.2) is 5.91 Å². The van der Waals surface area contributed by atoms with Crippen LogP contribution in [0.15, 0.2) is 66.7 Å². The first-order valence-electron chi connectivity index (χ1n) is 7.05. The predicted octanol–water partition coefficient (Wildman–Crippen LogP) is 4.09. The Hall–Kier alpha value is -2.61. The average Bonchev–Trinajstić information content (AvgIpc) is 2.53. The second-order valence-electron chi connectivity index (χ2n) is 5.24. The molecule has 0 heterocycles. The molecule has 0 saturated heterocycles. The Labute approximate surface area is 124 Å². The van der Waals surface area contributed by atoms with Crippen LogP contribution in [0.4, 0.5) is 0 Å². The van der Waals surface area contributed by atoms with Crippen molar-refractivity contribution >= 4 is 16.7 Å². The molecule has 0 radical (unpaired) electrons. The van der Waals surface area contributed by atoms with Crippen molar-refractivity contribution in [2.45, 2.75) is 12.8 Å². The zero-order valence-electron chi connectivity index (χ0n) is 11.9. The van der Waals surface area contributed by atoms with E-state index in [0.717, 1.165) is 5.56 Å². The third-order valence-corrected chi connectivity index (χ3v) is 3.98. The van der Waals surface area contributed by atoms with Crippen molar-refractivity contribution in [1.29, 1.82) is 0 Å². The largest absolute Gasteiger partial charge is 0.366 e. The molecule has 2 N–H and O–H groups in total. The molecule has 0 aliphatic carbocycles. The molecule has 0 aliphatic rings. The molecule has 1 amide bonds. The predicted molar refractivity (Wildman–Crippen MR) is 86.4 cm³/mol. The van der Waals surface area contributed by atoms with Gasteiger partial charge >= 0.3 is 0 Å². The van der Waals surface area contributed by atoms with Gasteiger partial charge in [0.05, 0.1) is 0 Å². The fraction of sp³-hybridized carbons (Fsp3) is 0.105. The lowest BCUT2D eigenvalue weighted by atomic mass is 9.86. The number of benzene rings is 3. The van der Waals surface area contributed by atoms with E-state index in [-0.39, 0.29) is 11.8 Å². The highest BCUT2D eigenvalue weighted by molar-refractivity contribution is 5.95. The van der Waals surface area contributed by atoms with E-state index in [9.17, 15) is 4.79 Å². The first-order chi connectivity index (χ1) is 10.2. The summed E-state index contributed by atoms with van der Waals surface area (Å²) in [6.07, 6.45) is 0. The van der Waals surface area contributed by atoms with E-state index in [4.69, 9.17) is 5.73 Å². The molecule has 1 atom stereocenters. The lowest BCUT2D eigenvalue weighted by Crippen LogP contribution is -2.15. The maximum Gasteiger partial charge on any atom is 0.248 e. The van der Waals surface area contributed by atoms with Gasteiger partial charge in [-0.2, -0.15) is 0 Å². The van der Waals surface area contributed by atoms with Gasteiger partial charge in [-0.15, -0.1) is 0 Å². The number of nitrogens with two attached hydrogens (primary N) is 1. The molecule has 104 valence electrons. The molecule has 2 nitrogen and oxygen atoms in total. The van der Waals surface area contributed by atoms with Crippen LogP contribution in [0.25, 0.3) is 10.8 Å². The normalized spacial score (nSPS) is 12.2. The lowest BCUT2D eigenvalue weighted by Gasteiger charge is -2.17. The number of rotatable bonds is 3. The van der Waals surface area contributed by atoms with Gasteiger partial charge in [0, 0.05) is 11.5 Å². The van der Waals surface area contributed by atoms with Crippen molar-refractivity contribution in [1.82, 2.24) is 0 Å². The van der Waals surface area contributed by atoms with Crippen LogP contribution >= 0.6 is 0 Å². The zero-order chi connectivity index (χ0) is 14.8. The molecule has 0 spiro atoms. The molecule has 1 unspecified atom stereocenters. The van der Waals surface area contributed by atoms with Crippen molar-refractivity contribution in [3.63, 3.8) is 0 Å². The van der Waals surface area contributed by atoms with Gasteiger partial charge in [0.1, 0.15) is 0 Å². The Morgan fingerprint density at radius 1 is 0.857 bits per heavy atom. The monoisotopic (exact) mass is 275 g/mol. The number of fused-ring (bicyclic) bond motifs is 1. The number of hydrogen-bond donors (Lipinski definition) is 1. The number of carbonyl (C=O) groups is 1. The van der Waals surface area contributed by atoms with Gasteiger partial charge in [0.2, 0.25) is 5.91 Å². The summed E-state index contributed by atoms with van der Waals surface area (Å²) < 4.78 is 0. The Morgan fingerprint density at radius 2 is 1.48 bits per heavy atom. The van der Waals surface area contributed by atoms with Gasteiger partial charge in [-0.25, -0.2) is 0 Å².